The van der Waals surface area contributed by atoms with Crippen LogP contribution in [0.3, 0.4) is 0 Å². The normalized spacial score (nSPS) is 10.6. The number of nitrogens with zero attached hydrogens (tertiary/aromatic N) is 4. The Labute approximate surface area is 173 Å². The smallest absolute Gasteiger partial charge is 0.271 e. The van der Waals surface area contributed by atoms with Gasteiger partial charge in [0.2, 0.25) is 11.1 Å². The Balaban J connectivity index is 1.66. The van der Waals surface area contributed by atoms with Crippen LogP contribution in [-0.4, -0.2) is 31.5 Å². The van der Waals surface area contributed by atoms with Gasteiger partial charge in [-0.05, 0) is 18.2 Å². The van der Waals surface area contributed by atoms with Gasteiger partial charge in [-0.1, -0.05) is 47.1 Å². The highest BCUT2D eigenvalue weighted by atomic mass is 35.5. The van der Waals surface area contributed by atoms with Gasteiger partial charge < -0.3 is 11.2 Å². The Morgan fingerprint density at radius 1 is 1.21 bits per heavy atom. The number of carbonyl (C=O) groups excluding carboxylic acids is 1. The van der Waals surface area contributed by atoms with Gasteiger partial charge in [-0.25, -0.2) is 4.68 Å². The Kier molecular flexibility index (Phi) is 6.02. The summed E-state index contributed by atoms with van der Waals surface area (Å²) in [4.78, 5) is 22.3. The number of non-ortho nitro benzene ring substituents is 1. The molecule has 3 aromatic rings. The topological polar surface area (TPSA) is 129 Å². The van der Waals surface area contributed by atoms with Gasteiger partial charge in [-0.15, -0.1) is 10.2 Å². The fourth-order valence-electron chi connectivity index (χ4n) is 2.24. The SMILES string of the molecule is Nn1c(SCC(=O)Nc2ccc([N+](=O)[O-])cc2Cl)nnc1-c1ccccc1Cl. The van der Waals surface area contributed by atoms with E-state index in [2.05, 4.69) is 15.5 Å². The van der Waals surface area contributed by atoms with Gasteiger partial charge in [-0.2, -0.15) is 0 Å². The maximum atomic E-state index is 12.2. The predicted octanol–water partition coefficient (Wildman–Crippen LogP) is 3.60. The van der Waals surface area contributed by atoms with Crippen LogP contribution in [0.1, 0.15) is 0 Å². The fourth-order valence-corrected chi connectivity index (χ4v) is 3.34. The summed E-state index contributed by atoms with van der Waals surface area (Å²) in [5, 5.41) is 22.2. The number of amides is 1. The summed E-state index contributed by atoms with van der Waals surface area (Å²) in [6.07, 6.45) is 0. The van der Waals surface area contributed by atoms with Crippen LogP contribution < -0.4 is 11.2 Å². The van der Waals surface area contributed by atoms with E-state index in [1.54, 1.807) is 24.3 Å². The number of nitrogen functional groups attached to an aromatic ring is 1. The van der Waals surface area contributed by atoms with Crippen molar-refractivity contribution in [1.29, 1.82) is 0 Å². The van der Waals surface area contributed by atoms with E-state index in [1.807, 2.05) is 0 Å². The lowest BCUT2D eigenvalue weighted by atomic mass is 10.2. The zero-order valence-electron chi connectivity index (χ0n) is 14.0. The number of hydrogen-bond acceptors (Lipinski definition) is 7. The van der Waals surface area contributed by atoms with E-state index >= 15 is 0 Å². The molecule has 28 heavy (non-hydrogen) atoms. The van der Waals surface area contributed by atoms with E-state index in [-0.39, 0.29) is 28.1 Å². The van der Waals surface area contributed by atoms with Gasteiger partial charge in [0.1, 0.15) is 0 Å². The average Bonchev–Trinajstić information content (AvgIpc) is 3.02. The molecule has 0 unspecified atom stereocenters. The van der Waals surface area contributed by atoms with E-state index in [1.165, 1.54) is 16.8 Å². The van der Waals surface area contributed by atoms with Crippen LogP contribution in [-0.2, 0) is 4.79 Å². The third-order valence-electron chi connectivity index (χ3n) is 3.55. The number of halogens is 2. The summed E-state index contributed by atoms with van der Waals surface area (Å²) in [6.45, 7) is 0. The zero-order valence-corrected chi connectivity index (χ0v) is 16.3. The molecule has 1 heterocycles. The molecule has 0 fully saturated rings. The largest absolute Gasteiger partial charge is 0.335 e. The summed E-state index contributed by atoms with van der Waals surface area (Å²) in [6, 6.07) is 10.8. The molecule has 0 aliphatic carbocycles. The molecule has 0 saturated heterocycles. The molecule has 12 heteroatoms. The van der Waals surface area contributed by atoms with Crippen LogP contribution in [0, 0.1) is 10.1 Å². The third kappa shape index (κ3) is 4.35. The predicted molar refractivity (Wildman–Crippen MR) is 108 cm³/mol. The van der Waals surface area contributed by atoms with Crippen molar-refractivity contribution in [1.82, 2.24) is 14.9 Å². The van der Waals surface area contributed by atoms with Crippen molar-refractivity contribution in [3.8, 4) is 11.4 Å². The maximum Gasteiger partial charge on any atom is 0.271 e. The highest BCUT2D eigenvalue weighted by Crippen LogP contribution is 2.29. The minimum absolute atomic E-state index is 0.0226. The fraction of sp³-hybridized carbons (Fsp3) is 0.0625. The van der Waals surface area contributed by atoms with Crippen LogP contribution in [0.5, 0.6) is 0 Å². The molecule has 0 spiro atoms. The first kappa shape index (κ1) is 19.9. The molecule has 2 aromatic carbocycles. The lowest BCUT2D eigenvalue weighted by molar-refractivity contribution is -0.384. The summed E-state index contributed by atoms with van der Waals surface area (Å²) in [5.74, 6) is 5.97. The number of hydrogen-bond donors (Lipinski definition) is 2. The minimum atomic E-state index is -0.571. The molecule has 3 rings (SSSR count). The van der Waals surface area contributed by atoms with Crippen molar-refractivity contribution in [2.45, 2.75) is 5.16 Å². The highest BCUT2D eigenvalue weighted by Gasteiger charge is 2.16. The molecular weight excluding hydrogens is 427 g/mol. The first-order valence-corrected chi connectivity index (χ1v) is 9.43. The molecule has 0 bridgehead atoms. The second-order valence-electron chi connectivity index (χ2n) is 5.41. The van der Waals surface area contributed by atoms with Gasteiger partial charge in [0.15, 0.2) is 5.82 Å². The first-order valence-electron chi connectivity index (χ1n) is 7.69. The van der Waals surface area contributed by atoms with Gasteiger partial charge in [-0.3, -0.25) is 14.9 Å². The van der Waals surface area contributed by atoms with Gasteiger partial charge in [0.25, 0.3) is 5.69 Å². The highest BCUT2D eigenvalue weighted by molar-refractivity contribution is 7.99. The number of benzene rings is 2. The van der Waals surface area contributed by atoms with Gasteiger partial charge >= 0.3 is 0 Å². The van der Waals surface area contributed by atoms with Crippen LogP contribution >= 0.6 is 35.0 Å². The number of anilines is 1. The monoisotopic (exact) mass is 438 g/mol. The molecule has 0 saturated carbocycles. The van der Waals surface area contributed by atoms with E-state index in [0.29, 0.717) is 21.6 Å². The van der Waals surface area contributed by atoms with E-state index in [0.717, 1.165) is 17.8 Å². The maximum absolute atomic E-state index is 12.2. The van der Waals surface area contributed by atoms with Crippen LogP contribution in [0.25, 0.3) is 11.4 Å². The van der Waals surface area contributed by atoms with Crippen LogP contribution in [0.4, 0.5) is 11.4 Å². The number of rotatable bonds is 6. The average molecular weight is 439 g/mol. The van der Waals surface area contributed by atoms with E-state index in [9.17, 15) is 14.9 Å². The van der Waals surface area contributed by atoms with Gasteiger partial charge in [0, 0.05) is 17.7 Å². The van der Waals surface area contributed by atoms with E-state index < -0.39 is 4.92 Å². The van der Waals surface area contributed by atoms with Crippen LogP contribution in [0.15, 0.2) is 47.6 Å². The molecule has 1 amide bonds. The van der Waals surface area contributed by atoms with Crippen molar-refractivity contribution in [3.63, 3.8) is 0 Å². The van der Waals surface area contributed by atoms with Crippen molar-refractivity contribution in [2.75, 3.05) is 16.9 Å². The Morgan fingerprint density at radius 2 is 1.96 bits per heavy atom. The number of nitro groups is 1. The molecule has 144 valence electrons. The lowest BCUT2D eigenvalue weighted by Crippen LogP contribution is -2.16. The van der Waals surface area contributed by atoms with Crippen molar-refractivity contribution >= 4 is 52.2 Å². The van der Waals surface area contributed by atoms with Gasteiger partial charge in [0.05, 0.1) is 26.4 Å². The first-order chi connectivity index (χ1) is 13.4. The zero-order chi connectivity index (χ0) is 20.3. The standard InChI is InChI=1S/C16H12Cl2N6O3S/c17-11-4-2-1-3-10(11)15-21-22-16(23(15)19)28-8-14(25)20-13-6-5-9(24(26)27)7-12(13)18/h1-7H,8,19H2,(H,20,25). The number of nitro benzene ring substituents is 1. The molecule has 3 N–H and O–H groups in total. The molecule has 1 aromatic heterocycles. The number of thioether (sulfide) groups is 1. The Morgan fingerprint density at radius 3 is 2.64 bits per heavy atom. The third-order valence-corrected chi connectivity index (χ3v) is 5.13. The number of carbonyl (C=O) groups is 1. The van der Waals surface area contributed by atoms with E-state index in [4.69, 9.17) is 29.0 Å². The van der Waals surface area contributed by atoms with Crippen molar-refractivity contribution in [3.05, 3.63) is 62.6 Å². The molecule has 0 aliphatic rings. The molecule has 9 nitrogen and oxygen atoms in total. The Hall–Kier alpha value is -2.82. The number of nitrogens with one attached hydrogen (secondary N) is 1. The molecule has 0 atom stereocenters. The second-order valence-corrected chi connectivity index (χ2v) is 7.17. The number of nitrogens with two attached hydrogens (primary N) is 1. The summed E-state index contributed by atoms with van der Waals surface area (Å²) >= 11 is 13.2. The Bertz CT molecular complexity index is 1060. The lowest BCUT2D eigenvalue weighted by Gasteiger charge is -2.07. The van der Waals surface area contributed by atoms with Crippen molar-refractivity contribution in [2.24, 2.45) is 0 Å². The molecule has 0 aliphatic heterocycles. The molecule has 0 radical (unpaired) electrons. The number of aromatic nitrogens is 3. The second kappa shape index (κ2) is 8.46. The summed E-state index contributed by atoms with van der Waals surface area (Å²) in [5.41, 5.74) is 0.720. The minimum Gasteiger partial charge on any atom is -0.335 e. The van der Waals surface area contributed by atoms with Crippen LogP contribution in [0.2, 0.25) is 10.0 Å². The molecular formula is C16H12Cl2N6O3S. The quantitative estimate of drug-likeness (QED) is 0.260. The summed E-state index contributed by atoms with van der Waals surface area (Å²) in [7, 11) is 0. The summed E-state index contributed by atoms with van der Waals surface area (Å²) < 4.78 is 1.25. The van der Waals surface area contributed by atoms with Crippen molar-refractivity contribution < 1.29 is 9.72 Å².